The Morgan fingerprint density at radius 2 is 1.52 bits per heavy atom. The average molecular weight is 380 g/mol. The number of hydrogen-bond donors (Lipinski definition) is 1. The molecule has 4 nitrogen and oxygen atoms in total. The van der Waals surface area contributed by atoms with Gasteiger partial charge in [-0.2, -0.15) is 0 Å². The molecule has 1 rings (SSSR count). The van der Waals surface area contributed by atoms with Crippen molar-refractivity contribution in [1.82, 2.24) is 0 Å². The highest BCUT2D eigenvalue weighted by atomic mass is 16.6. The van der Waals surface area contributed by atoms with E-state index in [2.05, 4.69) is 6.92 Å². The fourth-order valence-corrected chi connectivity index (χ4v) is 3.89. The second-order valence-corrected chi connectivity index (χ2v) is 10.3. The van der Waals surface area contributed by atoms with Gasteiger partial charge in [-0.3, -0.25) is 10.1 Å². The molecule has 0 fully saturated rings. The van der Waals surface area contributed by atoms with E-state index in [-0.39, 0.29) is 21.5 Å². The van der Waals surface area contributed by atoms with Crippen molar-refractivity contribution < 1.29 is 10.0 Å². The molecule has 1 unspecified atom stereocenters. The zero-order valence-corrected chi connectivity index (χ0v) is 18.7. The summed E-state index contributed by atoms with van der Waals surface area (Å²) in [5, 5.41) is 23.1. The van der Waals surface area contributed by atoms with Gasteiger partial charge in [0.25, 0.3) is 0 Å². The molecule has 0 amide bonds. The van der Waals surface area contributed by atoms with Gasteiger partial charge in [0.15, 0.2) is 0 Å². The van der Waals surface area contributed by atoms with Crippen LogP contribution in [0.25, 0.3) is 0 Å². The smallest absolute Gasteiger partial charge is 0.244 e. The van der Waals surface area contributed by atoms with Crippen molar-refractivity contribution in [3.8, 4) is 0 Å². The van der Waals surface area contributed by atoms with Gasteiger partial charge in [-0.15, -0.1) is 0 Å². The summed E-state index contributed by atoms with van der Waals surface area (Å²) in [5.41, 5.74) is -0.188. The van der Waals surface area contributed by atoms with E-state index in [1.165, 1.54) is 25.7 Å². The van der Waals surface area contributed by atoms with Gasteiger partial charge in [0, 0.05) is 23.3 Å². The average Bonchev–Trinajstić information content (AvgIpc) is 2.53. The lowest BCUT2D eigenvalue weighted by molar-refractivity contribution is -0.556. The van der Waals surface area contributed by atoms with Crippen LogP contribution in [-0.4, -0.2) is 15.6 Å². The number of nitro groups is 1. The molecule has 1 aliphatic rings. The zero-order valence-electron chi connectivity index (χ0n) is 18.7. The highest BCUT2D eigenvalue weighted by Crippen LogP contribution is 2.47. The molecule has 0 bridgehead atoms. The van der Waals surface area contributed by atoms with Crippen molar-refractivity contribution in [2.24, 2.45) is 10.8 Å². The van der Waals surface area contributed by atoms with Crippen molar-refractivity contribution in [2.75, 3.05) is 0 Å². The maximum absolute atomic E-state index is 12.2. The molecule has 0 aliphatic heterocycles. The number of unbranched alkanes of at least 4 members (excludes halogenated alkanes) is 6. The monoisotopic (exact) mass is 379 g/mol. The van der Waals surface area contributed by atoms with E-state index < -0.39 is 5.54 Å². The predicted octanol–water partition coefficient (Wildman–Crippen LogP) is 7.38. The first-order valence-electron chi connectivity index (χ1n) is 10.7. The van der Waals surface area contributed by atoms with Crippen LogP contribution in [-0.2, 0) is 0 Å². The Bertz CT molecular complexity index is 575. The molecule has 0 saturated heterocycles. The van der Waals surface area contributed by atoms with Gasteiger partial charge in [0.1, 0.15) is 5.76 Å². The van der Waals surface area contributed by atoms with Gasteiger partial charge in [-0.05, 0) is 28.9 Å². The third-order valence-corrected chi connectivity index (χ3v) is 5.73. The third kappa shape index (κ3) is 6.36. The van der Waals surface area contributed by atoms with E-state index in [0.717, 1.165) is 30.4 Å². The summed E-state index contributed by atoms with van der Waals surface area (Å²) in [5.74, 6) is 0.270. The van der Waals surface area contributed by atoms with Crippen LogP contribution < -0.4 is 0 Å². The molecule has 0 aromatic carbocycles. The fourth-order valence-electron chi connectivity index (χ4n) is 3.89. The molecule has 1 atom stereocenters. The Morgan fingerprint density at radius 1 is 1.00 bits per heavy atom. The number of aliphatic hydroxyl groups excluding tert-OH is 1. The van der Waals surface area contributed by atoms with E-state index in [1.54, 1.807) is 6.08 Å². The molecular weight excluding hydrogens is 338 g/mol. The Balaban J connectivity index is 3.05. The zero-order chi connectivity index (χ0) is 20.9. The summed E-state index contributed by atoms with van der Waals surface area (Å²) in [6.07, 6.45) is 10.7. The summed E-state index contributed by atoms with van der Waals surface area (Å²) in [4.78, 5) is 12.1. The van der Waals surface area contributed by atoms with Gasteiger partial charge < -0.3 is 5.11 Å². The first-order chi connectivity index (χ1) is 12.3. The van der Waals surface area contributed by atoms with Gasteiger partial charge >= 0.3 is 0 Å². The Hall–Kier alpha value is -1.32. The molecule has 0 saturated carbocycles. The number of rotatable bonds is 9. The van der Waals surface area contributed by atoms with E-state index in [4.69, 9.17) is 0 Å². The summed E-state index contributed by atoms with van der Waals surface area (Å²) in [6.45, 7) is 14.3. The molecule has 0 radical (unpaired) electrons. The molecule has 0 aromatic rings. The quantitative estimate of drug-likeness (QED) is 0.258. The van der Waals surface area contributed by atoms with Crippen LogP contribution >= 0.6 is 0 Å². The van der Waals surface area contributed by atoms with Gasteiger partial charge in [-0.1, -0.05) is 87.0 Å². The number of nitrogens with zero attached hydrogens (tertiary/aromatic N) is 1. The maximum atomic E-state index is 12.2. The molecule has 1 aliphatic carbocycles. The topological polar surface area (TPSA) is 63.4 Å². The van der Waals surface area contributed by atoms with E-state index in [0.29, 0.717) is 12.8 Å². The summed E-state index contributed by atoms with van der Waals surface area (Å²) in [6, 6.07) is 0. The first kappa shape index (κ1) is 23.7. The van der Waals surface area contributed by atoms with E-state index >= 15 is 0 Å². The Kier molecular flexibility index (Phi) is 8.13. The normalized spacial score (nSPS) is 21.4. The van der Waals surface area contributed by atoms with Crippen LogP contribution in [0.2, 0.25) is 0 Å². The molecule has 27 heavy (non-hydrogen) atoms. The molecule has 1 N–H and O–H groups in total. The van der Waals surface area contributed by atoms with Crippen LogP contribution in [0.1, 0.15) is 106 Å². The Labute approximate surface area is 166 Å². The van der Waals surface area contributed by atoms with Crippen molar-refractivity contribution in [3.63, 3.8) is 0 Å². The predicted molar refractivity (Wildman–Crippen MR) is 114 cm³/mol. The highest BCUT2D eigenvalue weighted by Gasteiger charge is 2.48. The minimum atomic E-state index is -1.10. The first-order valence-corrected chi connectivity index (χ1v) is 10.7. The number of hydrogen-bond acceptors (Lipinski definition) is 3. The molecule has 156 valence electrons. The molecule has 0 heterocycles. The lowest BCUT2D eigenvalue weighted by Crippen LogP contribution is -2.42. The largest absolute Gasteiger partial charge is 0.508 e. The maximum Gasteiger partial charge on any atom is 0.244 e. The standard InChI is InChI=1S/C23H41NO3/c1-8-9-10-11-12-13-14-15-23(24(26)27)16-18(21(2,3)4)20(25)19(17-23)22(5,6)7/h16,25H,8-15,17H2,1-7H3. The number of allylic oxidation sites excluding steroid dienone is 1. The van der Waals surface area contributed by atoms with Crippen LogP contribution in [0.4, 0.5) is 0 Å². The molecule has 0 aromatic heterocycles. The molecule has 0 spiro atoms. The summed E-state index contributed by atoms with van der Waals surface area (Å²) >= 11 is 0. The van der Waals surface area contributed by atoms with Gasteiger partial charge in [0.05, 0.1) is 0 Å². The highest BCUT2D eigenvalue weighted by molar-refractivity contribution is 5.43. The van der Waals surface area contributed by atoms with Crippen LogP contribution in [0.3, 0.4) is 0 Å². The second kappa shape index (κ2) is 9.25. The van der Waals surface area contributed by atoms with Crippen molar-refractivity contribution >= 4 is 0 Å². The van der Waals surface area contributed by atoms with Gasteiger partial charge in [-0.25, -0.2) is 0 Å². The second-order valence-electron chi connectivity index (χ2n) is 10.3. The lowest BCUT2D eigenvalue weighted by atomic mass is 9.68. The molecule has 4 heteroatoms. The Morgan fingerprint density at radius 3 is 1.96 bits per heavy atom. The summed E-state index contributed by atoms with van der Waals surface area (Å²) in [7, 11) is 0. The van der Waals surface area contributed by atoms with Crippen LogP contribution in [0, 0.1) is 20.9 Å². The van der Waals surface area contributed by atoms with Crippen molar-refractivity contribution in [1.29, 1.82) is 0 Å². The summed E-state index contributed by atoms with van der Waals surface area (Å²) < 4.78 is 0. The van der Waals surface area contributed by atoms with Crippen LogP contribution in [0.5, 0.6) is 0 Å². The number of aliphatic hydroxyl groups is 1. The van der Waals surface area contributed by atoms with Gasteiger partial charge in [0.2, 0.25) is 5.54 Å². The van der Waals surface area contributed by atoms with E-state index in [1.807, 2.05) is 41.5 Å². The minimum absolute atomic E-state index is 0.103. The van der Waals surface area contributed by atoms with Crippen LogP contribution in [0.15, 0.2) is 23.0 Å². The third-order valence-electron chi connectivity index (χ3n) is 5.73. The van der Waals surface area contributed by atoms with E-state index in [9.17, 15) is 15.2 Å². The SMILES string of the molecule is CCCCCCCCCC1([N+](=O)[O-])C=C(C(C)(C)C)C(O)=C(C(C)(C)C)C1. The van der Waals surface area contributed by atoms with Crippen molar-refractivity contribution in [2.45, 2.75) is 112 Å². The lowest BCUT2D eigenvalue weighted by Gasteiger charge is -2.38. The van der Waals surface area contributed by atoms with Crippen molar-refractivity contribution in [3.05, 3.63) is 33.1 Å². The molecular formula is C23H41NO3. The minimum Gasteiger partial charge on any atom is -0.508 e. The fraction of sp³-hybridized carbons (Fsp3) is 0.826.